The van der Waals surface area contributed by atoms with Gasteiger partial charge in [-0.1, -0.05) is 61.8 Å². The van der Waals surface area contributed by atoms with E-state index in [1.54, 1.807) is 0 Å². The highest BCUT2D eigenvalue weighted by atomic mass is 14.4. The summed E-state index contributed by atoms with van der Waals surface area (Å²) in [7, 11) is 0. The Hall–Kier alpha value is 0. The van der Waals surface area contributed by atoms with E-state index in [4.69, 9.17) is 0 Å². The molecular weight excluding hydrogens is 180 g/mol. The van der Waals surface area contributed by atoms with E-state index in [0.29, 0.717) is 5.41 Å². The van der Waals surface area contributed by atoms with E-state index in [2.05, 4.69) is 55.4 Å². The van der Waals surface area contributed by atoms with Crippen molar-refractivity contribution < 1.29 is 0 Å². The Morgan fingerprint density at radius 1 is 0.933 bits per heavy atom. The van der Waals surface area contributed by atoms with Gasteiger partial charge in [-0.3, -0.25) is 0 Å². The van der Waals surface area contributed by atoms with Crippen molar-refractivity contribution in [1.29, 1.82) is 0 Å². The zero-order valence-corrected chi connectivity index (χ0v) is 12.2. The fourth-order valence-corrected chi connectivity index (χ4v) is 2.37. The Morgan fingerprint density at radius 2 is 1.40 bits per heavy atom. The molecule has 0 amide bonds. The SMILES string of the molecule is CCC(C)(CC(C)C(C)C(C)C)C(C)C. The lowest BCUT2D eigenvalue weighted by molar-refractivity contribution is 0.126. The molecular formula is C15H32. The van der Waals surface area contributed by atoms with E-state index in [1.165, 1.54) is 12.8 Å². The third-order valence-electron chi connectivity index (χ3n) is 4.94. The smallest absolute Gasteiger partial charge is 0.0303 e. The second-order valence-corrected chi connectivity index (χ2v) is 6.45. The summed E-state index contributed by atoms with van der Waals surface area (Å²) in [6, 6.07) is 0. The van der Waals surface area contributed by atoms with Crippen LogP contribution in [0.1, 0.15) is 68.2 Å². The molecule has 0 aromatic carbocycles. The Balaban J connectivity index is 4.43. The van der Waals surface area contributed by atoms with Crippen LogP contribution in [0.5, 0.6) is 0 Å². The minimum atomic E-state index is 0.530. The molecule has 0 spiro atoms. The molecule has 0 radical (unpaired) electrons. The molecule has 0 saturated carbocycles. The highest BCUT2D eigenvalue weighted by molar-refractivity contribution is 4.80. The van der Waals surface area contributed by atoms with E-state index in [0.717, 1.165) is 23.7 Å². The van der Waals surface area contributed by atoms with Crippen LogP contribution in [0.3, 0.4) is 0 Å². The van der Waals surface area contributed by atoms with Crippen molar-refractivity contribution in [2.75, 3.05) is 0 Å². The lowest BCUT2D eigenvalue weighted by Gasteiger charge is -2.38. The van der Waals surface area contributed by atoms with Gasteiger partial charge in [0, 0.05) is 0 Å². The van der Waals surface area contributed by atoms with Crippen LogP contribution in [0.15, 0.2) is 0 Å². The predicted octanol–water partition coefficient (Wildman–Crippen LogP) is 5.38. The summed E-state index contributed by atoms with van der Waals surface area (Å²) in [6.45, 7) is 19.1. The lowest BCUT2D eigenvalue weighted by Crippen LogP contribution is -2.28. The van der Waals surface area contributed by atoms with Crippen LogP contribution in [-0.2, 0) is 0 Å². The fourth-order valence-electron chi connectivity index (χ4n) is 2.37. The van der Waals surface area contributed by atoms with Gasteiger partial charge in [-0.15, -0.1) is 0 Å². The van der Waals surface area contributed by atoms with Crippen molar-refractivity contribution >= 4 is 0 Å². The van der Waals surface area contributed by atoms with Gasteiger partial charge in [0.05, 0.1) is 0 Å². The van der Waals surface area contributed by atoms with Crippen LogP contribution in [-0.4, -0.2) is 0 Å². The van der Waals surface area contributed by atoms with Crippen molar-refractivity contribution in [3.63, 3.8) is 0 Å². The lowest BCUT2D eigenvalue weighted by atomic mass is 9.68. The molecule has 92 valence electrons. The summed E-state index contributed by atoms with van der Waals surface area (Å²) in [6.07, 6.45) is 2.68. The summed E-state index contributed by atoms with van der Waals surface area (Å²) in [5.41, 5.74) is 0.530. The van der Waals surface area contributed by atoms with Gasteiger partial charge in [-0.2, -0.15) is 0 Å². The Morgan fingerprint density at radius 3 is 1.67 bits per heavy atom. The normalized spacial score (nSPS) is 20.4. The number of hydrogen-bond acceptors (Lipinski definition) is 0. The monoisotopic (exact) mass is 212 g/mol. The van der Waals surface area contributed by atoms with Crippen LogP contribution >= 0.6 is 0 Å². The van der Waals surface area contributed by atoms with Gasteiger partial charge in [0.1, 0.15) is 0 Å². The molecule has 15 heavy (non-hydrogen) atoms. The molecule has 0 nitrogen and oxygen atoms in total. The fraction of sp³-hybridized carbons (Fsp3) is 1.00. The Kier molecular flexibility index (Phi) is 5.92. The van der Waals surface area contributed by atoms with Crippen molar-refractivity contribution in [1.82, 2.24) is 0 Å². The van der Waals surface area contributed by atoms with Crippen LogP contribution < -0.4 is 0 Å². The molecule has 0 fully saturated rings. The molecule has 0 rings (SSSR count). The molecule has 0 aromatic heterocycles. The van der Waals surface area contributed by atoms with Crippen LogP contribution in [0.2, 0.25) is 0 Å². The molecule has 0 bridgehead atoms. The molecule has 3 unspecified atom stereocenters. The maximum absolute atomic E-state index is 2.46. The molecule has 3 atom stereocenters. The standard InChI is InChI=1S/C15H32/c1-9-15(8,12(4)5)10-13(6)14(7)11(2)3/h11-14H,9-10H2,1-8H3. The Labute approximate surface area is 97.8 Å². The van der Waals surface area contributed by atoms with Crippen LogP contribution in [0, 0.1) is 29.1 Å². The van der Waals surface area contributed by atoms with Gasteiger partial charge in [0.25, 0.3) is 0 Å². The summed E-state index contributed by atoms with van der Waals surface area (Å²) in [5.74, 6) is 3.30. The molecule has 0 aliphatic carbocycles. The van der Waals surface area contributed by atoms with Crippen molar-refractivity contribution in [3.05, 3.63) is 0 Å². The first kappa shape index (κ1) is 15.0. The third-order valence-corrected chi connectivity index (χ3v) is 4.94. The van der Waals surface area contributed by atoms with E-state index in [1.807, 2.05) is 0 Å². The first-order valence-electron chi connectivity index (χ1n) is 6.74. The highest BCUT2D eigenvalue weighted by Crippen LogP contribution is 2.40. The predicted molar refractivity (Wildman–Crippen MR) is 71.0 cm³/mol. The minimum absolute atomic E-state index is 0.530. The quantitative estimate of drug-likeness (QED) is 0.554. The van der Waals surface area contributed by atoms with E-state index < -0.39 is 0 Å². The number of hydrogen-bond donors (Lipinski definition) is 0. The first-order chi connectivity index (χ1) is 6.74. The van der Waals surface area contributed by atoms with Gasteiger partial charge in [-0.05, 0) is 35.5 Å². The molecule has 0 heterocycles. The second-order valence-electron chi connectivity index (χ2n) is 6.45. The third kappa shape index (κ3) is 4.17. The molecule has 0 aliphatic rings. The van der Waals surface area contributed by atoms with E-state index in [-0.39, 0.29) is 0 Å². The molecule has 0 aliphatic heterocycles. The second kappa shape index (κ2) is 5.92. The van der Waals surface area contributed by atoms with Crippen LogP contribution in [0.4, 0.5) is 0 Å². The van der Waals surface area contributed by atoms with Gasteiger partial charge < -0.3 is 0 Å². The zero-order chi connectivity index (χ0) is 12.2. The van der Waals surface area contributed by atoms with Crippen LogP contribution in [0.25, 0.3) is 0 Å². The molecule has 0 N–H and O–H groups in total. The van der Waals surface area contributed by atoms with Gasteiger partial charge in [-0.25, -0.2) is 0 Å². The Bertz CT molecular complexity index is 169. The van der Waals surface area contributed by atoms with Gasteiger partial charge >= 0.3 is 0 Å². The first-order valence-corrected chi connectivity index (χ1v) is 6.74. The van der Waals surface area contributed by atoms with E-state index >= 15 is 0 Å². The number of rotatable bonds is 6. The summed E-state index contributed by atoms with van der Waals surface area (Å²) in [5, 5.41) is 0. The van der Waals surface area contributed by atoms with Gasteiger partial charge in [0.2, 0.25) is 0 Å². The molecule has 0 saturated heterocycles. The van der Waals surface area contributed by atoms with E-state index in [9.17, 15) is 0 Å². The van der Waals surface area contributed by atoms with Crippen molar-refractivity contribution in [2.45, 2.75) is 68.2 Å². The summed E-state index contributed by atoms with van der Waals surface area (Å²) >= 11 is 0. The average molecular weight is 212 g/mol. The summed E-state index contributed by atoms with van der Waals surface area (Å²) < 4.78 is 0. The van der Waals surface area contributed by atoms with Crippen molar-refractivity contribution in [2.24, 2.45) is 29.1 Å². The maximum atomic E-state index is 2.46. The largest absolute Gasteiger partial charge is 0.0649 e. The maximum Gasteiger partial charge on any atom is -0.0303 e. The zero-order valence-electron chi connectivity index (χ0n) is 12.2. The molecule has 0 heteroatoms. The molecule has 0 aromatic rings. The topological polar surface area (TPSA) is 0 Å². The van der Waals surface area contributed by atoms with Crippen molar-refractivity contribution in [3.8, 4) is 0 Å². The highest BCUT2D eigenvalue weighted by Gasteiger charge is 2.30. The minimum Gasteiger partial charge on any atom is -0.0649 e. The summed E-state index contributed by atoms with van der Waals surface area (Å²) in [4.78, 5) is 0. The average Bonchev–Trinajstić information content (AvgIpc) is 2.15. The van der Waals surface area contributed by atoms with Gasteiger partial charge in [0.15, 0.2) is 0 Å².